The molecule has 0 aliphatic heterocycles. The van der Waals surface area contributed by atoms with Crippen LogP contribution in [0.25, 0.3) is 6.08 Å². The molecule has 4 nitrogen and oxygen atoms in total. The quantitative estimate of drug-likeness (QED) is 0.804. The van der Waals surface area contributed by atoms with Crippen LogP contribution in [-0.2, 0) is 9.59 Å². The minimum absolute atomic E-state index is 0.150. The summed E-state index contributed by atoms with van der Waals surface area (Å²) in [4.78, 5) is 23.5. The highest BCUT2D eigenvalue weighted by Crippen LogP contribution is 2.16. The van der Waals surface area contributed by atoms with E-state index in [-0.39, 0.29) is 11.8 Å². The Kier molecular flexibility index (Phi) is 5.09. The molecule has 0 aromatic carbocycles. The highest BCUT2D eigenvalue weighted by Gasteiger charge is 2.22. The van der Waals surface area contributed by atoms with Crippen molar-refractivity contribution in [3.05, 3.63) is 28.0 Å². The van der Waals surface area contributed by atoms with Crippen LogP contribution in [0.4, 0.5) is 0 Å². The molecule has 0 saturated carbocycles. The number of rotatable bonds is 5. The van der Waals surface area contributed by atoms with Crippen LogP contribution in [0.2, 0.25) is 0 Å². The van der Waals surface area contributed by atoms with Crippen molar-refractivity contribution in [1.29, 1.82) is 0 Å². The van der Waals surface area contributed by atoms with Crippen molar-refractivity contribution in [2.75, 3.05) is 0 Å². The zero-order valence-electron chi connectivity index (χ0n) is 10.6. The van der Waals surface area contributed by atoms with Gasteiger partial charge in [-0.2, -0.15) is 0 Å². The van der Waals surface area contributed by atoms with E-state index in [2.05, 4.69) is 5.32 Å². The summed E-state index contributed by atoms with van der Waals surface area (Å²) in [5.74, 6) is -1.55. The van der Waals surface area contributed by atoms with E-state index >= 15 is 0 Å². The summed E-state index contributed by atoms with van der Waals surface area (Å²) in [5, 5.41) is 13.4. The molecular formula is C13H17NO3S. The minimum Gasteiger partial charge on any atom is -0.480 e. The molecule has 5 heteroatoms. The second-order valence-corrected chi connectivity index (χ2v) is 5.32. The topological polar surface area (TPSA) is 66.4 Å². The largest absolute Gasteiger partial charge is 0.480 e. The molecule has 98 valence electrons. The summed E-state index contributed by atoms with van der Waals surface area (Å²) < 4.78 is 0. The zero-order chi connectivity index (χ0) is 13.7. The number of carboxylic acids is 1. The molecule has 1 atom stereocenters. The Hall–Kier alpha value is -1.62. The van der Waals surface area contributed by atoms with Gasteiger partial charge in [-0.3, -0.25) is 4.79 Å². The predicted octanol–water partition coefficient (Wildman–Crippen LogP) is 2.30. The molecule has 1 heterocycles. The van der Waals surface area contributed by atoms with Crippen LogP contribution < -0.4 is 5.32 Å². The lowest BCUT2D eigenvalue weighted by molar-refractivity contribution is -0.142. The average Bonchev–Trinajstić information content (AvgIpc) is 2.68. The first kappa shape index (κ1) is 14.4. The fraction of sp³-hybridized carbons (Fsp3) is 0.385. The summed E-state index contributed by atoms with van der Waals surface area (Å²) in [5.41, 5.74) is 1.10. The molecule has 0 radical (unpaired) electrons. The van der Waals surface area contributed by atoms with Crippen molar-refractivity contribution < 1.29 is 14.7 Å². The summed E-state index contributed by atoms with van der Waals surface area (Å²) in [6, 6.07) is 1.11. The van der Waals surface area contributed by atoms with E-state index in [9.17, 15) is 9.59 Å². The zero-order valence-corrected chi connectivity index (χ0v) is 11.5. The van der Waals surface area contributed by atoms with Crippen LogP contribution >= 0.6 is 11.3 Å². The van der Waals surface area contributed by atoms with Gasteiger partial charge < -0.3 is 10.4 Å². The minimum atomic E-state index is -1.01. The Balaban J connectivity index is 2.64. The number of carbonyl (C=O) groups excluding carboxylic acids is 1. The van der Waals surface area contributed by atoms with Crippen molar-refractivity contribution in [1.82, 2.24) is 5.32 Å². The number of hydrogen-bond donors (Lipinski definition) is 2. The van der Waals surface area contributed by atoms with E-state index in [1.807, 2.05) is 18.4 Å². The maximum Gasteiger partial charge on any atom is 0.326 e. The van der Waals surface area contributed by atoms with Crippen LogP contribution in [0.15, 0.2) is 17.5 Å². The van der Waals surface area contributed by atoms with Gasteiger partial charge in [-0.05, 0) is 35.9 Å². The molecule has 1 aromatic rings. The molecule has 0 bridgehead atoms. The number of carboxylic acid groups (broad SMARTS) is 1. The van der Waals surface area contributed by atoms with Gasteiger partial charge in [-0.25, -0.2) is 4.79 Å². The lowest BCUT2D eigenvalue weighted by Crippen LogP contribution is -2.43. The number of thiophene rings is 1. The molecule has 0 fully saturated rings. The molecule has 1 rings (SSSR count). The first-order chi connectivity index (χ1) is 8.41. The second-order valence-electron chi connectivity index (χ2n) is 4.37. The molecule has 2 N–H and O–H groups in total. The van der Waals surface area contributed by atoms with Crippen LogP contribution in [0.5, 0.6) is 0 Å². The molecule has 0 spiro atoms. The van der Waals surface area contributed by atoms with E-state index in [0.717, 1.165) is 10.4 Å². The SMILES string of the molecule is Cc1ccsc1C=CC(=O)N[C@@H](C(=O)O)C(C)C. The molecule has 18 heavy (non-hydrogen) atoms. The van der Waals surface area contributed by atoms with E-state index in [1.165, 1.54) is 17.4 Å². The number of hydrogen-bond acceptors (Lipinski definition) is 3. The molecule has 0 aliphatic rings. The van der Waals surface area contributed by atoms with Gasteiger partial charge in [0, 0.05) is 11.0 Å². The van der Waals surface area contributed by atoms with Gasteiger partial charge in [0.05, 0.1) is 0 Å². The summed E-state index contributed by atoms with van der Waals surface area (Å²) >= 11 is 1.54. The Morgan fingerprint density at radius 2 is 2.11 bits per heavy atom. The maximum atomic E-state index is 11.6. The van der Waals surface area contributed by atoms with Gasteiger partial charge in [0.1, 0.15) is 6.04 Å². The van der Waals surface area contributed by atoms with Gasteiger partial charge in [0.2, 0.25) is 5.91 Å². The number of aliphatic carboxylic acids is 1. The third kappa shape index (κ3) is 4.00. The Labute approximate surface area is 110 Å². The summed E-state index contributed by atoms with van der Waals surface area (Å²) in [7, 11) is 0. The number of amides is 1. The van der Waals surface area contributed by atoms with E-state index in [1.54, 1.807) is 19.9 Å². The van der Waals surface area contributed by atoms with Crippen LogP contribution in [-0.4, -0.2) is 23.0 Å². The van der Waals surface area contributed by atoms with Gasteiger partial charge in [-0.15, -0.1) is 11.3 Å². The summed E-state index contributed by atoms with van der Waals surface area (Å²) in [6.07, 6.45) is 3.08. The maximum absolute atomic E-state index is 11.6. The second kappa shape index (κ2) is 6.35. The lowest BCUT2D eigenvalue weighted by Gasteiger charge is -2.16. The molecule has 1 amide bonds. The average molecular weight is 267 g/mol. The van der Waals surface area contributed by atoms with Crippen LogP contribution in [0, 0.1) is 12.8 Å². The number of nitrogens with one attached hydrogen (secondary N) is 1. The number of carbonyl (C=O) groups is 2. The molecular weight excluding hydrogens is 250 g/mol. The normalized spacial score (nSPS) is 12.9. The smallest absolute Gasteiger partial charge is 0.326 e. The van der Waals surface area contributed by atoms with E-state index in [0.29, 0.717) is 0 Å². The van der Waals surface area contributed by atoms with E-state index < -0.39 is 12.0 Å². The molecule has 0 aliphatic carbocycles. The first-order valence-electron chi connectivity index (χ1n) is 5.67. The van der Waals surface area contributed by atoms with Crippen LogP contribution in [0.1, 0.15) is 24.3 Å². The molecule has 1 aromatic heterocycles. The Morgan fingerprint density at radius 3 is 2.56 bits per heavy atom. The molecule has 0 unspecified atom stereocenters. The number of aryl methyl sites for hydroxylation is 1. The Bertz CT molecular complexity index is 463. The first-order valence-corrected chi connectivity index (χ1v) is 6.55. The summed E-state index contributed by atoms with van der Waals surface area (Å²) in [6.45, 7) is 5.47. The van der Waals surface area contributed by atoms with Gasteiger partial charge >= 0.3 is 5.97 Å². The van der Waals surface area contributed by atoms with Crippen molar-refractivity contribution >= 4 is 29.3 Å². The van der Waals surface area contributed by atoms with Crippen molar-refractivity contribution in [3.63, 3.8) is 0 Å². The third-order valence-corrected chi connectivity index (χ3v) is 3.50. The fourth-order valence-electron chi connectivity index (χ4n) is 1.42. The standard InChI is InChI=1S/C13H17NO3S/c1-8(2)12(13(16)17)14-11(15)5-4-10-9(3)6-7-18-10/h4-8,12H,1-3H3,(H,14,15)(H,16,17)/t12-/m1/s1. The van der Waals surface area contributed by atoms with Gasteiger partial charge in [0.15, 0.2) is 0 Å². The van der Waals surface area contributed by atoms with Crippen molar-refractivity contribution in [2.24, 2.45) is 5.92 Å². The fourth-order valence-corrected chi connectivity index (χ4v) is 2.24. The Morgan fingerprint density at radius 1 is 1.44 bits per heavy atom. The predicted molar refractivity (Wildman–Crippen MR) is 72.5 cm³/mol. The lowest BCUT2D eigenvalue weighted by atomic mass is 10.0. The molecule has 0 saturated heterocycles. The van der Waals surface area contributed by atoms with Crippen LogP contribution in [0.3, 0.4) is 0 Å². The highest BCUT2D eigenvalue weighted by atomic mass is 32.1. The monoisotopic (exact) mass is 267 g/mol. The third-order valence-electron chi connectivity index (χ3n) is 2.52. The van der Waals surface area contributed by atoms with Crippen molar-refractivity contribution in [3.8, 4) is 0 Å². The van der Waals surface area contributed by atoms with Crippen molar-refractivity contribution in [2.45, 2.75) is 26.8 Å². The highest BCUT2D eigenvalue weighted by molar-refractivity contribution is 7.11. The van der Waals surface area contributed by atoms with Gasteiger partial charge in [-0.1, -0.05) is 13.8 Å². The van der Waals surface area contributed by atoms with E-state index in [4.69, 9.17) is 5.11 Å². The van der Waals surface area contributed by atoms with Gasteiger partial charge in [0.25, 0.3) is 0 Å².